The number of hydrogen-bond donors (Lipinski definition) is 2. The summed E-state index contributed by atoms with van der Waals surface area (Å²) >= 11 is 0. The van der Waals surface area contributed by atoms with E-state index in [2.05, 4.69) is 5.32 Å². The Labute approximate surface area is 321 Å². The average Bonchev–Trinajstić information content (AvgIpc) is 3.47. The van der Waals surface area contributed by atoms with Gasteiger partial charge < -0.3 is 24.6 Å². The van der Waals surface area contributed by atoms with Gasteiger partial charge in [-0.2, -0.15) is 0 Å². The normalized spacial score (nSPS) is 37.3. The number of carbonyl (C=O) groups excluding carboxylic acids is 6. The number of alkyl halides is 2. The number of benzene rings is 1. The van der Waals surface area contributed by atoms with Gasteiger partial charge in [0.05, 0.1) is 17.6 Å². The van der Waals surface area contributed by atoms with E-state index >= 15 is 8.78 Å². The molecule has 4 aliphatic carbocycles. The molecular weight excluding hydrogens is 737 g/mol. The molecule has 2 heterocycles. The first kappa shape index (κ1) is 39.8. The van der Waals surface area contributed by atoms with Gasteiger partial charge in [-0.25, -0.2) is 13.2 Å². The Hall–Kier alpha value is -4.47. The number of carbonyl (C=O) groups is 6. The zero-order valence-corrected chi connectivity index (χ0v) is 31.5. The van der Waals surface area contributed by atoms with Crippen molar-refractivity contribution in [3.05, 3.63) is 71.6 Å². The molecule has 0 spiro atoms. The molecule has 0 aromatic heterocycles. The van der Waals surface area contributed by atoms with Gasteiger partial charge in [-0.05, 0) is 75.8 Å². The molecule has 6 aliphatic rings. The smallest absolute Gasteiger partial charge is 0.313 e. The zero-order chi connectivity index (χ0) is 40.6. The Morgan fingerprint density at radius 2 is 1.77 bits per heavy atom. The molecule has 300 valence electrons. The number of nitrogens with zero attached hydrogens (tertiary/aromatic N) is 1. The van der Waals surface area contributed by atoms with Gasteiger partial charge in [-0.1, -0.05) is 25.1 Å². The molecule has 10 atom stereocenters. The van der Waals surface area contributed by atoms with Crippen LogP contribution in [0, 0.1) is 33.9 Å². The van der Waals surface area contributed by atoms with Crippen LogP contribution >= 0.6 is 0 Å². The van der Waals surface area contributed by atoms with Crippen molar-refractivity contribution in [1.29, 1.82) is 0 Å². The highest BCUT2D eigenvalue weighted by molar-refractivity contribution is 6.13. The third kappa shape index (κ3) is 6.17. The molecule has 2 bridgehead atoms. The minimum atomic E-state index is -2.45. The SMILES string of the molecule is CC(C)(CNC(=O)CCN1C(=O)C=CC1=O)C(=O)OCC(=O)[C@@]12C[C@@H](C[C@H]3[C@@H]4C[C@H](F)C5=CC(=O)C=C[C@]5(C)[C@@]4(F)[C@@H](O)C[C@@]31C)O[C@@H](c1cccc(F)c1)O2. The van der Waals surface area contributed by atoms with Crippen molar-refractivity contribution in [2.24, 2.45) is 28.1 Å². The standard InChI is InChI=1S/C41H45F3N2O10/c1-37(2,21-45-32(50)11-13-46-33(51)8-9-34(46)52)36(53)54-20-31(49)40-18-25(55-35(56-40)22-6-5-7-23(42)14-22)16-26-27-17-29(43)28-15-24(47)10-12-38(28,3)41(27,44)30(48)19-39(26,40)4/h5-10,12,14-15,25-27,29-30,35,48H,11,13,16-21H2,1-4H3,(H,45,50)/t25-,26+,27+,29+,30+,35-,38+,39+,40+,41+/m1/s1. The molecule has 2 aliphatic heterocycles. The summed E-state index contributed by atoms with van der Waals surface area (Å²) in [6.45, 7) is 4.93. The number of imide groups is 1. The van der Waals surface area contributed by atoms with Gasteiger partial charge in [-0.15, -0.1) is 0 Å². The lowest BCUT2D eigenvalue weighted by atomic mass is 9.40. The Bertz CT molecular complexity index is 1960. The number of nitrogens with one attached hydrogen (secondary N) is 1. The summed E-state index contributed by atoms with van der Waals surface area (Å²) in [4.78, 5) is 77.6. The molecule has 1 aromatic rings. The van der Waals surface area contributed by atoms with Gasteiger partial charge in [0.1, 0.15) is 17.6 Å². The van der Waals surface area contributed by atoms with E-state index in [1.54, 1.807) is 13.0 Å². The van der Waals surface area contributed by atoms with E-state index in [0.717, 1.165) is 23.1 Å². The van der Waals surface area contributed by atoms with E-state index in [4.69, 9.17) is 14.2 Å². The summed E-state index contributed by atoms with van der Waals surface area (Å²) in [6, 6.07) is 5.43. The highest BCUT2D eigenvalue weighted by atomic mass is 19.1. The number of ketones is 2. The van der Waals surface area contributed by atoms with Crippen molar-refractivity contribution in [2.45, 2.75) is 95.7 Å². The topological polar surface area (TPSA) is 166 Å². The maximum absolute atomic E-state index is 18.0. The van der Waals surface area contributed by atoms with E-state index in [0.29, 0.717) is 0 Å². The number of rotatable bonds is 10. The maximum Gasteiger partial charge on any atom is 0.313 e. The monoisotopic (exact) mass is 782 g/mol. The van der Waals surface area contributed by atoms with Crippen molar-refractivity contribution in [2.75, 3.05) is 19.7 Å². The summed E-state index contributed by atoms with van der Waals surface area (Å²) < 4.78 is 67.1. The fourth-order valence-corrected chi connectivity index (χ4v) is 10.1. The van der Waals surface area contributed by atoms with Crippen LogP contribution in [-0.4, -0.2) is 94.6 Å². The first-order valence-corrected chi connectivity index (χ1v) is 18.8. The number of allylic oxidation sites excluding steroid dienone is 4. The summed E-state index contributed by atoms with van der Waals surface area (Å²) in [5.74, 6) is -6.22. The van der Waals surface area contributed by atoms with E-state index < -0.39 is 112 Å². The van der Waals surface area contributed by atoms with E-state index in [9.17, 15) is 38.3 Å². The second kappa shape index (κ2) is 13.9. The molecule has 4 fully saturated rings. The highest BCUT2D eigenvalue weighted by Gasteiger charge is 2.76. The Morgan fingerprint density at radius 3 is 2.46 bits per heavy atom. The number of hydrogen-bond acceptors (Lipinski definition) is 10. The Balaban J connectivity index is 1.14. The lowest BCUT2D eigenvalue weighted by Gasteiger charge is -2.69. The van der Waals surface area contributed by atoms with E-state index in [-0.39, 0.29) is 56.3 Å². The predicted molar refractivity (Wildman–Crippen MR) is 190 cm³/mol. The lowest BCUT2D eigenvalue weighted by Crippen LogP contribution is -2.76. The molecule has 3 saturated carbocycles. The van der Waals surface area contributed by atoms with Crippen LogP contribution in [0.4, 0.5) is 13.2 Å². The highest BCUT2D eigenvalue weighted by Crippen LogP contribution is 2.71. The minimum Gasteiger partial charge on any atom is -0.457 e. The lowest BCUT2D eigenvalue weighted by molar-refractivity contribution is -0.358. The number of amides is 3. The maximum atomic E-state index is 18.0. The first-order chi connectivity index (χ1) is 26.3. The number of aliphatic hydroxyl groups excluding tert-OH is 1. The van der Waals surface area contributed by atoms with Gasteiger partial charge in [0.15, 0.2) is 24.3 Å². The second-order valence-corrected chi connectivity index (χ2v) is 17.0. The van der Waals surface area contributed by atoms with Crippen molar-refractivity contribution >= 4 is 35.3 Å². The fourth-order valence-electron chi connectivity index (χ4n) is 10.1. The minimum absolute atomic E-state index is 0.0494. The van der Waals surface area contributed by atoms with Crippen LogP contribution in [0.5, 0.6) is 0 Å². The van der Waals surface area contributed by atoms with E-state index in [1.165, 1.54) is 51.1 Å². The van der Waals surface area contributed by atoms with Gasteiger partial charge in [-0.3, -0.25) is 33.7 Å². The third-order valence-corrected chi connectivity index (χ3v) is 13.2. The fraction of sp³-hybridized carbons (Fsp3) is 0.561. The number of fused-ring (bicyclic) bond motifs is 8. The van der Waals surface area contributed by atoms with Crippen molar-refractivity contribution in [1.82, 2.24) is 10.2 Å². The van der Waals surface area contributed by atoms with Crippen molar-refractivity contribution in [3.8, 4) is 0 Å². The van der Waals surface area contributed by atoms with Gasteiger partial charge in [0.2, 0.25) is 11.7 Å². The summed E-state index contributed by atoms with van der Waals surface area (Å²) in [7, 11) is 0. The molecule has 12 nitrogen and oxygen atoms in total. The molecule has 15 heteroatoms. The first-order valence-electron chi connectivity index (χ1n) is 18.8. The average molecular weight is 783 g/mol. The molecule has 1 aromatic carbocycles. The molecule has 3 amide bonds. The van der Waals surface area contributed by atoms with Crippen LogP contribution in [0.1, 0.15) is 71.7 Å². The second-order valence-electron chi connectivity index (χ2n) is 17.0. The molecule has 7 rings (SSSR count). The molecular formula is C41H45F3N2O10. The van der Waals surface area contributed by atoms with Crippen LogP contribution in [0.3, 0.4) is 0 Å². The molecule has 56 heavy (non-hydrogen) atoms. The van der Waals surface area contributed by atoms with Gasteiger partial charge in [0, 0.05) is 60.4 Å². The summed E-state index contributed by atoms with van der Waals surface area (Å²) in [6.07, 6.45) is -0.555. The van der Waals surface area contributed by atoms with Crippen molar-refractivity contribution < 1.29 is 61.3 Å². The van der Waals surface area contributed by atoms with Crippen LogP contribution in [-0.2, 0) is 43.0 Å². The number of Topliss-reactive ketones (excluding diaryl/α,β-unsaturated/α-hetero) is 1. The number of ether oxygens (including phenoxy) is 3. The summed E-state index contributed by atoms with van der Waals surface area (Å²) in [5, 5.41) is 14.5. The molecule has 1 saturated heterocycles. The van der Waals surface area contributed by atoms with Crippen LogP contribution in [0.2, 0.25) is 0 Å². The third-order valence-electron chi connectivity index (χ3n) is 13.2. The molecule has 0 unspecified atom stereocenters. The van der Waals surface area contributed by atoms with E-state index in [1.807, 2.05) is 0 Å². The Kier molecular flexibility index (Phi) is 9.85. The van der Waals surface area contributed by atoms with Crippen molar-refractivity contribution in [3.63, 3.8) is 0 Å². The Morgan fingerprint density at radius 1 is 1.05 bits per heavy atom. The van der Waals surface area contributed by atoms with Crippen LogP contribution in [0.15, 0.2) is 60.2 Å². The number of esters is 1. The predicted octanol–water partition coefficient (Wildman–Crippen LogP) is 3.87. The van der Waals surface area contributed by atoms with Crippen LogP contribution < -0.4 is 5.32 Å². The molecule has 2 N–H and O–H groups in total. The van der Waals surface area contributed by atoms with Gasteiger partial charge in [0.25, 0.3) is 11.8 Å². The summed E-state index contributed by atoms with van der Waals surface area (Å²) in [5.41, 5.74) is -8.55. The quantitative estimate of drug-likeness (QED) is 0.263. The molecule has 0 radical (unpaired) electrons. The van der Waals surface area contributed by atoms with Gasteiger partial charge >= 0.3 is 5.97 Å². The number of halogens is 3. The largest absolute Gasteiger partial charge is 0.457 e. The zero-order valence-electron chi connectivity index (χ0n) is 31.5. The number of aliphatic hydroxyl groups is 1. The van der Waals surface area contributed by atoms with Crippen LogP contribution in [0.25, 0.3) is 0 Å².